The third kappa shape index (κ3) is 3.67. The first-order valence-corrected chi connectivity index (χ1v) is 9.30. The van der Waals surface area contributed by atoms with Crippen LogP contribution in [-0.4, -0.2) is 18.4 Å². The summed E-state index contributed by atoms with van der Waals surface area (Å²) in [6.07, 6.45) is 1.57. The van der Waals surface area contributed by atoms with Gasteiger partial charge in [0.25, 0.3) is 0 Å². The van der Waals surface area contributed by atoms with E-state index in [9.17, 15) is 10.4 Å². The van der Waals surface area contributed by atoms with Crippen LogP contribution in [0, 0.1) is 11.3 Å². The summed E-state index contributed by atoms with van der Waals surface area (Å²) in [7, 11) is 1.48. The number of aliphatic imine (C=N–C) groups is 1. The molecule has 0 bridgehead atoms. The number of phenolic OH excluding ortho intramolecular Hbond substituents is 1. The molecule has 5 nitrogen and oxygen atoms in total. The Kier molecular flexibility index (Phi) is 5.31. The Morgan fingerprint density at radius 1 is 0.967 bits per heavy atom. The number of rotatable bonds is 5. The summed E-state index contributed by atoms with van der Waals surface area (Å²) in [5.41, 5.74) is 3.51. The number of methoxy groups -OCH3 is 1. The molecule has 0 atom stereocenters. The zero-order valence-electron chi connectivity index (χ0n) is 16.2. The number of furan rings is 1. The van der Waals surface area contributed by atoms with Gasteiger partial charge in [-0.15, -0.1) is 0 Å². The molecule has 0 saturated carbocycles. The molecule has 0 amide bonds. The summed E-state index contributed by atoms with van der Waals surface area (Å²) in [4.78, 5) is 4.43. The van der Waals surface area contributed by atoms with E-state index >= 15 is 0 Å². The number of nitrogens with zero attached hydrogens (tertiary/aromatic N) is 2. The molecule has 146 valence electrons. The number of hydrogen-bond donors (Lipinski definition) is 1. The molecule has 1 N–H and O–H groups in total. The molecule has 0 aliphatic heterocycles. The van der Waals surface area contributed by atoms with E-state index in [0.29, 0.717) is 28.2 Å². The molecule has 1 aromatic heterocycles. The van der Waals surface area contributed by atoms with Gasteiger partial charge < -0.3 is 14.3 Å². The third-order valence-electron chi connectivity index (χ3n) is 4.63. The van der Waals surface area contributed by atoms with Crippen LogP contribution in [-0.2, 0) is 0 Å². The molecule has 0 unspecified atom stereocenters. The number of hydrogen-bond acceptors (Lipinski definition) is 5. The van der Waals surface area contributed by atoms with E-state index in [2.05, 4.69) is 11.1 Å². The highest BCUT2D eigenvalue weighted by Gasteiger charge is 2.22. The van der Waals surface area contributed by atoms with Crippen LogP contribution in [0.15, 0.2) is 88.3 Å². The van der Waals surface area contributed by atoms with Crippen molar-refractivity contribution in [2.45, 2.75) is 0 Å². The molecule has 3 aromatic carbocycles. The maximum absolute atomic E-state index is 9.90. The van der Waals surface area contributed by atoms with Gasteiger partial charge in [-0.2, -0.15) is 5.26 Å². The number of phenols is 1. The minimum absolute atomic E-state index is 0.0445. The van der Waals surface area contributed by atoms with Crippen molar-refractivity contribution < 1.29 is 14.3 Å². The van der Waals surface area contributed by atoms with Gasteiger partial charge in [-0.3, -0.25) is 0 Å². The maximum Gasteiger partial charge on any atom is 0.238 e. The van der Waals surface area contributed by atoms with Crippen LogP contribution in [0.4, 0.5) is 5.88 Å². The molecule has 4 rings (SSSR count). The van der Waals surface area contributed by atoms with E-state index in [0.717, 1.165) is 11.1 Å². The summed E-state index contributed by atoms with van der Waals surface area (Å²) in [6, 6.07) is 26.4. The Morgan fingerprint density at radius 2 is 1.63 bits per heavy atom. The molecular weight excluding hydrogens is 376 g/mol. The molecule has 1 heterocycles. The first-order chi connectivity index (χ1) is 14.7. The van der Waals surface area contributed by atoms with Gasteiger partial charge in [-0.05, 0) is 29.3 Å². The van der Waals surface area contributed by atoms with Crippen molar-refractivity contribution in [3.63, 3.8) is 0 Å². The zero-order chi connectivity index (χ0) is 20.9. The molecule has 4 aromatic rings. The van der Waals surface area contributed by atoms with Crippen molar-refractivity contribution in [2.75, 3.05) is 7.11 Å². The van der Waals surface area contributed by atoms with E-state index in [1.807, 2.05) is 60.7 Å². The number of nitriles is 1. The Morgan fingerprint density at radius 3 is 2.27 bits per heavy atom. The Labute approximate surface area is 174 Å². The van der Waals surface area contributed by atoms with Gasteiger partial charge in [0.05, 0.1) is 7.11 Å². The average molecular weight is 394 g/mol. The lowest BCUT2D eigenvalue weighted by atomic mass is 9.98. The second-order valence-electron chi connectivity index (χ2n) is 6.52. The maximum atomic E-state index is 9.90. The number of ether oxygens (including phenoxy) is 1. The van der Waals surface area contributed by atoms with E-state index in [4.69, 9.17) is 9.15 Å². The van der Waals surface area contributed by atoms with Crippen LogP contribution in [0.5, 0.6) is 11.5 Å². The van der Waals surface area contributed by atoms with Crippen LogP contribution in [0.3, 0.4) is 0 Å². The fraction of sp³-hybridized carbons (Fsp3) is 0.0400. The molecule has 30 heavy (non-hydrogen) atoms. The van der Waals surface area contributed by atoms with E-state index in [1.54, 1.807) is 18.3 Å². The average Bonchev–Trinajstić information content (AvgIpc) is 3.18. The van der Waals surface area contributed by atoms with E-state index < -0.39 is 0 Å². The van der Waals surface area contributed by atoms with Crippen LogP contribution < -0.4 is 4.74 Å². The second-order valence-corrected chi connectivity index (χ2v) is 6.52. The first-order valence-electron chi connectivity index (χ1n) is 9.30. The molecule has 5 heteroatoms. The third-order valence-corrected chi connectivity index (χ3v) is 4.63. The molecular formula is C25H18N2O3. The highest BCUT2D eigenvalue weighted by atomic mass is 16.5. The van der Waals surface area contributed by atoms with Gasteiger partial charge in [0.15, 0.2) is 11.5 Å². The monoisotopic (exact) mass is 394 g/mol. The van der Waals surface area contributed by atoms with Crippen molar-refractivity contribution >= 4 is 12.1 Å². The fourth-order valence-electron chi connectivity index (χ4n) is 3.19. The lowest BCUT2D eigenvalue weighted by molar-refractivity contribution is 0.373. The predicted molar refractivity (Wildman–Crippen MR) is 116 cm³/mol. The normalized spacial score (nSPS) is 10.8. The van der Waals surface area contributed by atoms with Crippen LogP contribution in [0.1, 0.15) is 11.1 Å². The zero-order valence-corrected chi connectivity index (χ0v) is 16.2. The van der Waals surface area contributed by atoms with E-state index in [-0.39, 0.29) is 11.6 Å². The summed E-state index contributed by atoms with van der Waals surface area (Å²) < 4.78 is 11.2. The van der Waals surface area contributed by atoms with E-state index in [1.165, 1.54) is 13.2 Å². The second kappa shape index (κ2) is 8.38. The van der Waals surface area contributed by atoms with Crippen LogP contribution in [0.2, 0.25) is 0 Å². The summed E-state index contributed by atoms with van der Waals surface area (Å²) in [5.74, 6) is 1.20. The summed E-state index contributed by atoms with van der Waals surface area (Å²) in [5, 5.41) is 19.7. The molecule has 0 fully saturated rings. The van der Waals surface area contributed by atoms with Gasteiger partial charge in [0.1, 0.15) is 17.4 Å². The topological polar surface area (TPSA) is 78.8 Å². The minimum Gasteiger partial charge on any atom is -0.504 e. The highest BCUT2D eigenvalue weighted by molar-refractivity contribution is 5.90. The van der Waals surface area contributed by atoms with Crippen molar-refractivity contribution in [3.05, 3.63) is 90.0 Å². The molecule has 0 aliphatic rings. The van der Waals surface area contributed by atoms with Crippen LogP contribution in [0.25, 0.3) is 22.5 Å². The Hall–Kier alpha value is -4.30. The number of aromatic hydroxyl groups is 1. The van der Waals surface area contributed by atoms with Crippen molar-refractivity contribution in [1.29, 1.82) is 5.26 Å². The van der Waals surface area contributed by atoms with Gasteiger partial charge in [0.2, 0.25) is 5.88 Å². The van der Waals surface area contributed by atoms with Crippen molar-refractivity contribution in [2.24, 2.45) is 4.99 Å². The molecule has 0 spiro atoms. The Bertz CT molecular complexity index is 1240. The summed E-state index contributed by atoms with van der Waals surface area (Å²) >= 11 is 0. The van der Waals surface area contributed by atoms with Gasteiger partial charge in [-0.1, -0.05) is 60.7 Å². The standard InChI is InChI=1S/C25H18N2O3/c1-29-22-14-17(12-13-21(22)28)16-27-25-20(15-26)23(18-8-4-2-5-9-18)24(30-25)19-10-6-3-7-11-19/h2-14,16,28H,1H3. The lowest BCUT2D eigenvalue weighted by Crippen LogP contribution is -1.87. The largest absolute Gasteiger partial charge is 0.504 e. The number of benzene rings is 3. The van der Waals surface area contributed by atoms with Crippen molar-refractivity contribution in [3.8, 4) is 40.0 Å². The molecule has 0 aliphatic carbocycles. The van der Waals surface area contributed by atoms with Gasteiger partial charge in [-0.25, -0.2) is 4.99 Å². The predicted octanol–water partition coefficient (Wildman–Crippen LogP) is 5.95. The SMILES string of the molecule is COc1cc(C=Nc2oc(-c3ccccc3)c(-c3ccccc3)c2C#N)ccc1O. The minimum atomic E-state index is 0.0445. The smallest absolute Gasteiger partial charge is 0.238 e. The van der Waals surface area contributed by atoms with Crippen molar-refractivity contribution in [1.82, 2.24) is 0 Å². The quantitative estimate of drug-likeness (QED) is 0.424. The van der Waals surface area contributed by atoms with Crippen LogP contribution >= 0.6 is 0 Å². The molecule has 0 radical (unpaired) electrons. The van der Waals surface area contributed by atoms with Gasteiger partial charge in [0, 0.05) is 17.3 Å². The molecule has 0 saturated heterocycles. The summed E-state index contributed by atoms with van der Waals surface area (Å²) in [6.45, 7) is 0. The Balaban J connectivity index is 1.85. The van der Waals surface area contributed by atoms with Gasteiger partial charge >= 0.3 is 0 Å². The first kappa shape index (κ1) is 19.0. The highest BCUT2D eigenvalue weighted by Crippen LogP contribution is 2.42. The fourth-order valence-corrected chi connectivity index (χ4v) is 3.19. The lowest BCUT2D eigenvalue weighted by Gasteiger charge is -2.03.